The molecule has 26 heavy (non-hydrogen) atoms. The fourth-order valence-electron chi connectivity index (χ4n) is 2.29. The van der Waals surface area contributed by atoms with Gasteiger partial charge in [-0.3, -0.25) is 9.59 Å². The predicted octanol–water partition coefficient (Wildman–Crippen LogP) is 1.30. The maximum absolute atomic E-state index is 12.1. The second-order valence-corrected chi connectivity index (χ2v) is 5.29. The Bertz CT molecular complexity index is 850. The number of methoxy groups -OCH3 is 1. The van der Waals surface area contributed by atoms with E-state index in [1.807, 2.05) is 12.1 Å². The Kier molecular flexibility index (Phi) is 5.33. The van der Waals surface area contributed by atoms with Gasteiger partial charge < -0.3 is 19.5 Å². The van der Waals surface area contributed by atoms with Gasteiger partial charge in [0, 0.05) is 11.1 Å². The minimum Gasteiger partial charge on any atom is -0.496 e. The summed E-state index contributed by atoms with van der Waals surface area (Å²) < 4.78 is 15.6. The van der Waals surface area contributed by atoms with E-state index in [9.17, 15) is 9.59 Å². The van der Waals surface area contributed by atoms with Crippen molar-refractivity contribution < 1.29 is 23.8 Å². The Hall–Kier alpha value is -3.55. The third-order valence-electron chi connectivity index (χ3n) is 3.58. The van der Waals surface area contributed by atoms with Crippen LogP contribution in [-0.2, 0) is 4.79 Å². The Morgan fingerprint density at radius 2 is 2.00 bits per heavy atom. The number of carbonyl (C=O) groups excluding carboxylic acids is 2. The third kappa shape index (κ3) is 4.10. The highest BCUT2D eigenvalue weighted by Crippen LogP contribution is 2.32. The highest BCUT2D eigenvalue weighted by Gasteiger charge is 2.16. The molecule has 2 N–H and O–H groups in total. The molecule has 0 spiro atoms. The van der Waals surface area contributed by atoms with E-state index in [-0.39, 0.29) is 13.3 Å². The molecule has 0 atom stereocenters. The molecule has 0 saturated heterocycles. The second kappa shape index (κ2) is 8.02. The lowest BCUT2D eigenvalue weighted by atomic mass is 10.2. The lowest BCUT2D eigenvalue weighted by Crippen LogP contribution is -2.34. The Morgan fingerprint density at radius 3 is 2.85 bits per heavy atom. The molecule has 0 radical (unpaired) electrons. The van der Waals surface area contributed by atoms with Gasteiger partial charge in [-0.15, -0.1) is 0 Å². The van der Waals surface area contributed by atoms with E-state index in [4.69, 9.17) is 14.2 Å². The van der Waals surface area contributed by atoms with E-state index >= 15 is 0 Å². The van der Waals surface area contributed by atoms with E-state index in [0.717, 1.165) is 5.56 Å². The first-order valence-electron chi connectivity index (χ1n) is 7.80. The molecule has 3 rings (SSSR count). The number of carbonyl (C=O) groups is 2. The van der Waals surface area contributed by atoms with Gasteiger partial charge in [-0.25, -0.2) is 5.43 Å². The van der Waals surface area contributed by atoms with Crippen LogP contribution in [0.1, 0.15) is 15.9 Å². The van der Waals surface area contributed by atoms with Crippen molar-refractivity contribution in [2.24, 2.45) is 5.10 Å². The van der Waals surface area contributed by atoms with Crippen LogP contribution in [-0.4, -0.2) is 38.5 Å². The Morgan fingerprint density at radius 1 is 1.19 bits per heavy atom. The summed E-state index contributed by atoms with van der Waals surface area (Å²) in [7, 11) is 1.55. The minimum atomic E-state index is -0.453. The van der Waals surface area contributed by atoms with Crippen LogP contribution >= 0.6 is 0 Å². The molecular formula is C18H17N3O5. The second-order valence-electron chi connectivity index (χ2n) is 5.29. The molecule has 0 aromatic heterocycles. The normalized spacial score (nSPS) is 12.0. The first-order valence-corrected chi connectivity index (χ1v) is 7.80. The summed E-state index contributed by atoms with van der Waals surface area (Å²) in [6, 6.07) is 12.1. The van der Waals surface area contributed by atoms with Crippen molar-refractivity contribution in [2.75, 3.05) is 20.4 Å². The summed E-state index contributed by atoms with van der Waals surface area (Å²) in [5.41, 5.74) is 3.44. The van der Waals surface area contributed by atoms with Crippen LogP contribution in [0.2, 0.25) is 0 Å². The van der Waals surface area contributed by atoms with Crippen LogP contribution in [0.5, 0.6) is 17.2 Å². The maximum Gasteiger partial charge on any atom is 0.259 e. The number of para-hydroxylation sites is 1. The van der Waals surface area contributed by atoms with Gasteiger partial charge in [0.2, 0.25) is 6.79 Å². The molecule has 1 heterocycles. The van der Waals surface area contributed by atoms with Crippen LogP contribution in [0.15, 0.2) is 47.6 Å². The highest BCUT2D eigenvalue weighted by atomic mass is 16.7. The monoisotopic (exact) mass is 355 g/mol. The van der Waals surface area contributed by atoms with E-state index in [1.54, 1.807) is 37.4 Å². The van der Waals surface area contributed by atoms with Gasteiger partial charge in [0.05, 0.1) is 19.9 Å². The van der Waals surface area contributed by atoms with Crippen molar-refractivity contribution in [2.45, 2.75) is 0 Å². The number of amides is 2. The predicted molar refractivity (Wildman–Crippen MR) is 93.6 cm³/mol. The molecule has 0 unspecified atom stereocenters. The molecule has 134 valence electrons. The lowest BCUT2D eigenvalue weighted by Gasteiger charge is -2.05. The smallest absolute Gasteiger partial charge is 0.259 e. The fraction of sp³-hybridized carbons (Fsp3) is 0.167. The molecule has 0 saturated carbocycles. The van der Waals surface area contributed by atoms with Crippen LogP contribution in [0.3, 0.4) is 0 Å². The Balaban J connectivity index is 1.49. The highest BCUT2D eigenvalue weighted by molar-refractivity contribution is 5.97. The topological polar surface area (TPSA) is 98.2 Å². The van der Waals surface area contributed by atoms with E-state index in [0.29, 0.717) is 22.8 Å². The molecule has 1 aliphatic rings. The zero-order valence-corrected chi connectivity index (χ0v) is 14.0. The molecular weight excluding hydrogens is 338 g/mol. The maximum atomic E-state index is 12.1. The van der Waals surface area contributed by atoms with Crippen LogP contribution in [0.25, 0.3) is 0 Å². The van der Waals surface area contributed by atoms with Gasteiger partial charge in [-0.05, 0) is 30.3 Å². The van der Waals surface area contributed by atoms with Crippen LogP contribution in [0, 0.1) is 0 Å². The first-order chi connectivity index (χ1) is 12.7. The molecule has 0 fully saturated rings. The molecule has 8 heteroatoms. The van der Waals surface area contributed by atoms with Crippen LogP contribution in [0.4, 0.5) is 0 Å². The summed E-state index contributed by atoms with van der Waals surface area (Å²) in [5, 5.41) is 6.37. The zero-order chi connectivity index (χ0) is 18.4. The van der Waals surface area contributed by atoms with Crippen molar-refractivity contribution in [1.82, 2.24) is 10.7 Å². The van der Waals surface area contributed by atoms with Crippen molar-refractivity contribution in [1.29, 1.82) is 0 Å². The van der Waals surface area contributed by atoms with Crippen molar-refractivity contribution in [3.05, 3.63) is 53.6 Å². The number of hydrogen-bond acceptors (Lipinski definition) is 6. The Labute approximate surface area is 149 Å². The molecule has 0 aliphatic carbocycles. The quantitative estimate of drug-likeness (QED) is 0.601. The van der Waals surface area contributed by atoms with E-state index < -0.39 is 11.8 Å². The fourth-order valence-corrected chi connectivity index (χ4v) is 2.29. The average Bonchev–Trinajstić information content (AvgIpc) is 3.14. The summed E-state index contributed by atoms with van der Waals surface area (Å²) in [6.07, 6.45) is 1.47. The van der Waals surface area contributed by atoms with Gasteiger partial charge in [-0.1, -0.05) is 12.1 Å². The summed E-state index contributed by atoms with van der Waals surface area (Å²) in [6.45, 7) is -0.0798. The standard InChI is InChI=1S/C18H17N3O5/c1-24-14-5-3-2-4-13(14)9-20-21-17(22)10-19-18(23)12-6-7-15-16(8-12)26-11-25-15/h2-9H,10-11H2,1H3,(H,19,23)(H,21,22). The lowest BCUT2D eigenvalue weighted by molar-refractivity contribution is -0.120. The zero-order valence-electron chi connectivity index (χ0n) is 14.0. The third-order valence-corrected chi connectivity index (χ3v) is 3.58. The summed E-state index contributed by atoms with van der Waals surface area (Å²) >= 11 is 0. The number of hydrazone groups is 1. The van der Waals surface area contributed by atoms with Crippen LogP contribution < -0.4 is 25.0 Å². The first kappa shape index (κ1) is 17.3. The number of fused-ring (bicyclic) bond motifs is 1. The van der Waals surface area contributed by atoms with Gasteiger partial charge in [0.15, 0.2) is 11.5 Å². The summed E-state index contributed by atoms with van der Waals surface area (Å²) in [5.74, 6) is 0.882. The van der Waals surface area contributed by atoms with E-state index in [1.165, 1.54) is 6.21 Å². The summed E-state index contributed by atoms with van der Waals surface area (Å²) in [4.78, 5) is 23.9. The number of nitrogens with zero attached hydrogens (tertiary/aromatic N) is 1. The minimum absolute atomic E-state index is 0.132. The molecule has 2 aromatic rings. The average molecular weight is 355 g/mol. The number of benzene rings is 2. The van der Waals surface area contributed by atoms with Crippen molar-refractivity contribution >= 4 is 18.0 Å². The number of ether oxygens (including phenoxy) is 3. The number of nitrogens with one attached hydrogen (secondary N) is 2. The SMILES string of the molecule is COc1ccccc1C=NNC(=O)CNC(=O)c1ccc2c(c1)OCO2. The number of hydrogen-bond donors (Lipinski definition) is 2. The number of rotatable bonds is 6. The van der Waals surface area contributed by atoms with Gasteiger partial charge in [0.1, 0.15) is 5.75 Å². The van der Waals surface area contributed by atoms with Crippen molar-refractivity contribution in [3.8, 4) is 17.2 Å². The van der Waals surface area contributed by atoms with Gasteiger partial charge in [0.25, 0.3) is 11.8 Å². The molecule has 8 nitrogen and oxygen atoms in total. The molecule has 2 amide bonds. The molecule has 1 aliphatic heterocycles. The molecule has 0 bridgehead atoms. The van der Waals surface area contributed by atoms with E-state index in [2.05, 4.69) is 15.8 Å². The van der Waals surface area contributed by atoms with Gasteiger partial charge >= 0.3 is 0 Å². The van der Waals surface area contributed by atoms with Crippen molar-refractivity contribution in [3.63, 3.8) is 0 Å². The van der Waals surface area contributed by atoms with Gasteiger partial charge in [-0.2, -0.15) is 5.10 Å². The molecule has 2 aromatic carbocycles. The largest absolute Gasteiger partial charge is 0.496 e.